The maximum absolute atomic E-state index is 12.0. The summed E-state index contributed by atoms with van der Waals surface area (Å²) >= 11 is 3.33. The first kappa shape index (κ1) is 11.4. The molecule has 0 atom stereocenters. The van der Waals surface area contributed by atoms with Crippen LogP contribution in [-0.2, 0) is 0 Å². The zero-order valence-electron chi connectivity index (χ0n) is 8.81. The van der Waals surface area contributed by atoms with Crippen molar-refractivity contribution in [1.29, 1.82) is 0 Å². The number of amides is 1. The molecule has 1 saturated heterocycles. The van der Waals surface area contributed by atoms with Crippen LogP contribution in [0.25, 0.3) is 0 Å². The molecule has 16 heavy (non-hydrogen) atoms. The van der Waals surface area contributed by atoms with Gasteiger partial charge in [0.1, 0.15) is 5.75 Å². The van der Waals surface area contributed by atoms with Crippen molar-refractivity contribution in [3.8, 4) is 5.75 Å². The van der Waals surface area contributed by atoms with E-state index in [9.17, 15) is 4.79 Å². The minimum Gasteiger partial charge on any atom is -0.497 e. The molecule has 5 heteroatoms. The van der Waals surface area contributed by atoms with Crippen LogP contribution in [0, 0.1) is 0 Å². The van der Waals surface area contributed by atoms with Gasteiger partial charge < -0.3 is 14.7 Å². The molecule has 0 radical (unpaired) electrons. The molecule has 1 heterocycles. The van der Waals surface area contributed by atoms with Gasteiger partial charge in [0.15, 0.2) is 0 Å². The Morgan fingerprint density at radius 1 is 1.56 bits per heavy atom. The molecular formula is C11H12BrNO3. The van der Waals surface area contributed by atoms with Crippen molar-refractivity contribution in [2.45, 2.75) is 6.10 Å². The maximum Gasteiger partial charge on any atom is 0.255 e. The highest BCUT2D eigenvalue weighted by atomic mass is 79.9. The summed E-state index contributed by atoms with van der Waals surface area (Å²) in [5, 5.41) is 9.15. The summed E-state index contributed by atoms with van der Waals surface area (Å²) in [6.07, 6.45) is -0.381. The monoisotopic (exact) mass is 285 g/mol. The van der Waals surface area contributed by atoms with Crippen molar-refractivity contribution in [3.05, 3.63) is 28.2 Å². The minimum absolute atomic E-state index is 0.0870. The largest absolute Gasteiger partial charge is 0.497 e. The zero-order valence-corrected chi connectivity index (χ0v) is 10.4. The van der Waals surface area contributed by atoms with Gasteiger partial charge in [-0.1, -0.05) is 0 Å². The molecule has 1 amide bonds. The standard InChI is InChI=1S/C11H12BrNO3/c1-16-8-2-3-10(12)9(4-8)11(15)13-5-7(14)6-13/h2-4,7,14H,5-6H2,1H3. The molecule has 0 saturated carbocycles. The molecule has 0 spiro atoms. The second kappa shape index (κ2) is 4.43. The van der Waals surface area contributed by atoms with Crippen molar-refractivity contribution in [2.75, 3.05) is 20.2 Å². The van der Waals surface area contributed by atoms with E-state index in [4.69, 9.17) is 9.84 Å². The third kappa shape index (κ3) is 2.05. The summed E-state index contributed by atoms with van der Waals surface area (Å²) in [7, 11) is 1.56. The van der Waals surface area contributed by atoms with Crippen LogP contribution in [0.2, 0.25) is 0 Å². The number of nitrogens with zero attached hydrogens (tertiary/aromatic N) is 1. The average molecular weight is 286 g/mol. The van der Waals surface area contributed by atoms with Gasteiger partial charge in [0, 0.05) is 17.6 Å². The number of ether oxygens (including phenoxy) is 1. The highest BCUT2D eigenvalue weighted by molar-refractivity contribution is 9.10. The molecular weight excluding hydrogens is 274 g/mol. The molecule has 1 fully saturated rings. The van der Waals surface area contributed by atoms with Crippen LogP contribution in [0.3, 0.4) is 0 Å². The number of aliphatic hydroxyl groups is 1. The summed E-state index contributed by atoms with van der Waals surface area (Å²) in [5.41, 5.74) is 0.561. The third-order valence-electron chi connectivity index (χ3n) is 2.55. The molecule has 1 aromatic carbocycles. The molecule has 0 aliphatic carbocycles. The average Bonchev–Trinajstić information content (AvgIpc) is 2.25. The number of hydrogen-bond donors (Lipinski definition) is 1. The fourth-order valence-corrected chi connectivity index (χ4v) is 2.00. The topological polar surface area (TPSA) is 49.8 Å². The lowest BCUT2D eigenvalue weighted by Gasteiger charge is -2.36. The number of carbonyl (C=O) groups excluding carboxylic acids is 1. The minimum atomic E-state index is -0.381. The third-order valence-corrected chi connectivity index (χ3v) is 3.24. The van der Waals surface area contributed by atoms with E-state index < -0.39 is 0 Å². The molecule has 1 aliphatic heterocycles. The lowest BCUT2D eigenvalue weighted by atomic mass is 10.1. The Kier molecular flexibility index (Phi) is 3.16. The number of rotatable bonds is 2. The van der Waals surface area contributed by atoms with Crippen molar-refractivity contribution in [2.24, 2.45) is 0 Å². The molecule has 0 bridgehead atoms. The molecule has 0 aromatic heterocycles. The van der Waals surface area contributed by atoms with Crippen molar-refractivity contribution in [1.82, 2.24) is 4.90 Å². The fraction of sp³-hybridized carbons (Fsp3) is 0.364. The van der Waals surface area contributed by atoms with Gasteiger partial charge in [0.25, 0.3) is 5.91 Å². The van der Waals surface area contributed by atoms with Gasteiger partial charge in [-0.15, -0.1) is 0 Å². The Morgan fingerprint density at radius 3 is 2.81 bits per heavy atom. The van der Waals surface area contributed by atoms with E-state index in [2.05, 4.69) is 15.9 Å². The lowest BCUT2D eigenvalue weighted by Crippen LogP contribution is -2.53. The van der Waals surface area contributed by atoms with E-state index in [1.165, 1.54) is 0 Å². The SMILES string of the molecule is COc1ccc(Br)c(C(=O)N2CC(O)C2)c1. The van der Waals surface area contributed by atoms with Crippen molar-refractivity contribution in [3.63, 3.8) is 0 Å². The summed E-state index contributed by atoms with van der Waals surface area (Å²) in [4.78, 5) is 13.6. The summed E-state index contributed by atoms with van der Waals surface area (Å²) in [6, 6.07) is 5.26. The fourth-order valence-electron chi connectivity index (χ4n) is 1.59. The van der Waals surface area contributed by atoms with Crippen LogP contribution in [0.4, 0.5) is 0 Å². The Balaban J connectivity index is 2.22. The van der Waals surface area contributed by atoms with E-state index in [-0.39, 0.29) is 12.0 Å². The maximum atomic E-state index is 12.0. The molecule has 1 aromatic rings. The first-order chi connectivity index (χ1) is 7.61. The molecule has 2 rings (SSSR count). The van der Waals surface area contributed by atoms with Crippen LogP contribution in [0.1, 0.15) is 10.4 Å². The summed E-state index contributed by atoms with van der Waals surface area (Å²) in [6.45, 7) is 0.810. The van der Waals surface area contributed by atoms with Gasteiger partial charge in [-0.3, -0.25) is 4.79 Å². The van der Waals surface area contributed by atoms with Gasteiger partial charge >= 0.3 is 0 Å². The second-order valence-corrected chi connectivity index (χ2v) is 4.56. The predicted octanol–water partition coefficient (Wildman–Crippen LogP) is 1.27. The van der Waals surface area contributed by atoms with Crippen LogP contribution in [-0.4, -0.2) is 42.2 Å². The number of β-amino-alcohol motifs (C(OH)–C–C–N with tert-alkyl or cyclic N) is 1. The second-order valence-electron chi connectivity index (χ2n) is 3.71. The Morgan fingerprint density at radius 2 is 2.25 bits per heavy atom. The molecule has 1 aliphatic rings. The molecule has 1 N–H and O–H groups in total. The molecule has 86 valence electrons. The quantitative estimate of drug-likeness (QED) is 0.891. The number of hydrogen-bond acceptors (Lipinski definition) is 3. The van der Waals surface area contributed by atoms with Gasteiger partial charge in [-0.05, 0) is 34.1 Å². The number of likely N-dealkylation sites (tertiary alicyclic amines) is 1. The Bertz CT molecular complexity index is 416. The summed E-state index contributed by atoms with van der Waals surface area (Å²) < 4.78 is 5.81. The normalized spacial score (nSPS) is 15.8. The van der Waals surface area contributed by atoms with Crippen LogP contribution < -0.4 is 4.74 Å². The highest BCUT2D eigenvalue weighted by Gasteiger charge is 2.30. The van der Waals surface area contributed by atoms with E-state index in [0.717, 1.165) is 4.47 Å². The number of benzene rings is 1. The lowest BCUT2D eigenvalue weighted by molar-refractivity contribution is 0.00581. The van der Waals surface area contributed by atoms with Crippen molar-refractivity contribution >= 4 is 21.8 Å². The Hall–Kier alpha value is -1.07. The highest BCUT2D eigenvalue weighted by Crippen LogP contribution is 2.25. The van der Waals surface area contributed by atoms with Crippen LogP contribution in [0.15, 0.2) is 22.7 Å². The Labute approximate surface area is 102 Å². The van der Waals surface area contributed by atoms with Gasteiger partial charge in [-0.25, -0.2) is 0 Å². The van der Waals surface area contributed by atoms with E-state index >= 15 is 0 Å². The number of aliphatic hydroxyl groups excluding tert-OH is 1. The summed E-state index contributed by atoms with van der Waals surface area (Å²) in [5.74, 6) is 0.559. The number of halogens is 1. The van der Waals surface area contributed by atoms with Crippen LogP contribution >= 0.6 is 15.9 Å². The zero-order chi connectivity index (χ0) is 11.7. The van der Waals surface area contributed by atoms with Gasteiger partial charge in [-0.2, -0.15) is 0 Å². The number of carbonyl (C=O) groups is 1. The van der Waals surface area contributed by atoms with E-state index in [1.807, 2.05) is 0 Å². The van der Waals surface area contributed by atoms with Crippen LogP contribution in [0.5, 0.6) is 5.75 Å². The smallest absolute Gasteiger partial charge is 0.255 e. The van der Waals surface area contributed by atoms with Gasteiger partial charge in [0.05, 0.1) is 18.8 Å². The van der Waals surface area contributed by atoms with E-state index in [1.54, 1.807) is 30.2 Å². The van der Waals surface area contributed by atoms with Gasteiger partial charge in [0.2, 0.25) is 0 Å². The first-order valence-electron chi connectivity index (χ1n) is 4.92. The first-order valence-corrected chi connectivity index (χ1v) is 5.72. The van der Waals surface area contributed by atoms with E-state index in [0.29, 0.717) is 24.4 Å². The number of methoxy groups -OCH3 is 1. The molecule has 4 nitrogen and oxygen atoms in total. The predicted molar refractivity (Wildman–Crippen MR) is 62.6 cm³/mol. The van der Waals surface area contributed by atoms with Crippen molar-refractivity contribution < 1.29 is 14.6 Å². The molecule has 0 unspecified atom stereocenters.